The molecular formula is C15H13BrFNO3. The van der Waals surface area contributed by atoms with Crippen molar-refractivity contribution < 1.29 is 18.7 Å². The molecule has 0 bridgehead atoms. The number of nitrogen functional groups attached to an aromatic ring is 1. The van der Waals surface area contributed by atoms with E-state index in [0.29, 0.717) is 21.5 Å². The summed E-state index contributed by atoms with van der Waals surface area (Å²) in [5.74, 6) is -0.338. The summed E-state index contributed by atoms with van der Waals surface area (Å²) >= 11 is 3.07. The number of hydrogen-bond donors (Lipinski definition) is 1. The lowest BCUT2D eigenvalue weighted by Crippen LogP contribution is -2.14. The lowest BCUT2D eigenvalue weighted by molar-refractivity contribution is -0.147. The van der Waals surface area contributed by atoms with Gasteiger partial charge in [0.05, 0.1) is 4.47 Å². The minimum absolute atomic E-state index is 0.0583. The number of halogens is 2. The minimum Gasteiger partial charge on any atom is -0.482 e. The number of rotatable bonds is 5. The summed E-state index contributed by atoms with van der Waals surface area (Å²) in [7, 11) is 0. The van der Waals surface area contributed by atoms with Crippen LogP contribution in [0, 0.1) is 5.82 Å². The zero-order valence-corrected chi connectivity index (χ0v) is 12.6. The number of carbonyl (C=O) groups excluding carboxylic acids is 1. The van der Waals surface area contributed by atoms with E-state index in [4.69, 9.17) is 15.2 Å². The molecule has 2 rings (SSSR count). The molecule has 2 N–H and O–H groups in total. The number of nitrogens with two attached hydrogens (primary N) is 1. The molecule has 21 heavy (non-hydrogen) atoms. The van der Waals surface area contributed by atoms with Crippen molar-refractivity contribution in [3.63, 3.8) is 0 Å². The van der Waals surface area contributed by atoms with Crippen molar-refractivity contribution >= 4 is 27.6 Å². The Labute approximate surface area is 129 Å². The highest BCUT2D eigenvalue weighted by molar-refractivity contribution is 9.10. The molecule has 2 aromatic rings. The fourth-order valence-electron chi connectivity index (χ4n) is 1.54. The van der Waals surface area contributed by atoms with Crippen molar-refractivity contribution in [1.29, 1.82) is 0 Å². The molecule has 0 aliphatic heterocycles. The number of carbonyl (C=O) groups is 1. The second kappa shape index (κ2) is 7.08. The molecule has 0 heterocycles. The maximum atomic E-state index is 13.1. The van der Waals surface area contributed by atoms with Gasteiger partial charge in [-0.2, -0.15) is 0 Å². The standard InChI is InChI=1S/C15H13BrFNO3/c16-13-7-10(1-6-14(13)17)8-21-15(19)9-20-12-4-2-11(18)3-5-12/h1-7H,8-9,18H2. The van der Waals surface area contributed by atoms with E-state index < -0.39 is 5.97 Å². The van der Waals surface area contributed by atoms with Crippen LogP contribution in [0.2, 0.25) is 0 Å². The van der Waals surface area contributed by atoms with Crippen molar-refractivity contribution in [2.45, 2.75) is 6.61 Å². The first kappa shape index (κ1) is 15.3. The van der Waals surface area contributed by atoms with Crippen molar-refractivity contribution in [2.75, 3.05) is 12.3 Å². The maximum absolute atomic E-state index is 13.1. The summed E-state index contributed by atoms with van der Waals surface area (Å²) in [5, 5.41) is 0. The largest absolute Gasteiger partial charge is 0.482 e. The Morgan fingerprint density at radius 3 is 2.57 bits per heavy atom. The average Bonchev–Trinajstić information content (AvgIpc) is 2.48. The van der Waals surface area contributed by atoms with Crippen molar-refractivity contribution in [2.24, 2.45) is 0 Å². The summed E-state index contributed by atoms with van der Waals surface area (Å²) in [6.45, 7) is -0.144. The van der Waals surface area contributed by atoms with Gasteiger partial charge in [0, 0.05) is 5.69 Å². The summed E-state index contributed by atoms with van der Waals surface area (Å²) in [4.78, 5) is 11.6. The number of ether oxygens (including phenoxy) is 2. The SMILES string of the molecule is Nc1ccc(OCC(=O)OCc2ccc(F)c(Br)c2)cc1. The van der Waals surface area contributed by atoms with Gasteiger partial charge in [-0.3, -0.25) is 0 Å². The molecule has 0 amide bonds. The van der Waals surface area contributed by atoms with Gasteiger partial charge in [-0.05, 0) is 57.9 Å². The van der Waals surface area contributed by atoms with Gasteiger partial charge >= 0.3 is 5.97 Å². The van der Waals surface area contributed by atoms with Gasteiger partial charge in [-0.1, -0.05) is 6.07 Å². The van der Waals surface area contributed by atoms with Crippen molar-refractivity contribution in [1.82, 2.24) is 0 Å². The second-order valence-electron chi connectivity index (χ2n) is 4.27. The molecule has 4 nitrogen and oxygen atoms in total. The third kappa shape index (κ3) is 4.75. The van der Waals surface area contributed by atoms with E-state index in [2.05, 4.69) is 15.9 Å². The molecule has 0 saturated carbocycles. The molecule has 0 aliphatic carbocycles. The third-order valence-electron chi connectivity index (χ3n) is 2.62. The highest BCUT2D eigenvalue weighted by Crippen LogP contribution is 2.17. The van der Waals surface area contributed by atoms with Crippen LogP contribution in [0.3, 0.4) is 0 Å². The summed E-state index contributed by atoms with van der Waals surface area (Å²) in [6.07, 6.45) is 0. The fourth-order valence-corrected chi connectivity index (χ4v) is 1.97. The molecule has 6 heteroatoms. The van der Waals surface area contributed by atoms with Crippen LogP contribution in [-0.4, -0.2) is 12.6 Å². The van der Waals surface area contributed by atoms with E-state index in [9.17, 15) is 9.18 Å². The van der Waals surface area contributed by atoms with Crippen LogP contribution in [0.25, 0.3) is 0 Å². The van der Waals surface area contributed by atoms with E-state index in [1.165, 1.54) is 6.07 Å². The van der Waals surface area contributed by atoms with Crippen LogP contribution in [0.4, 0.5) is 10.1 Å². The molecule has 0 atom stereocenters. The predicted octanol–water partition coefficient (Wildman–Crippen LogP) is 3.29. The van der Waals surface area contributed by atoms with E-state index in [1.807, 2.05) is 0 Å². The van der Waals surface area contributed by atoms with Crippen LogP contribution in [0.5, 0.6) is 5.75 Å². The fraction of sp³-hybridized carbons (Fsp3) is 0.133. The maximum Gasteiger partial charge on any atom is 0.344 e. The third-order valence-corrected chi connectivity index (χ3v) is 3.23. The Balaban J connectivity index is 1.79. The first-order chi connectivity index (χ1) is 10.0. The highest BCUT2D eigenvalue weighted by Gasteiger charge is 2.06. The molecular weight excluding hydrogens is 341 g/mol. The second-order valence-corrected chi connectivity index (χ2v) is 5.12. The van der Waals surface area contributed by atoms with Gasteiger partial charge in [0.25, 0.3) is 0 Å². The predicted molar refractivity (Wildman–Crippen MR) is 80.2 cm³/mol. The van der Waals surface area contributed by atoms with Gasteiger partial charge < -0.3 is 15.2 Å². The molecule has 0 aliphatic rings. The van der Waals surface area contributed by atoms with Crippen molar-refractivity contribution in [3.05, 3.63) is 58.3 Å². The minimum atomic E-state index is -0.507. The molecule has 0 spiro atoms. The van der Waals surface area contributed by atoms with Crippen LogP contribution in [0.15, 0.2) is 46.9 Å². The topological polar surface area (TPSA) is 61.5 Å². The van der Waals surface area contributed by atoms with Gasteiger partial charge in [-0.15, -0.1) is 0 Å². The van der Waals surface area contributed by atoms with Gasteiger partial charge in [0.15, 0.2) is 6.61 Å². The van der Waals surface area contributed by atoms with E-state index in [-0.39, 0.29) is 19.0 Å². The molecule has 0 radical (unpaired) electrons. The highest BCUT2D eigenvalue weighted by atomic mass is 79.9. The van der Waals surface area contributed by atoms with E-state index >= 15 is 0 Å². The smallest absolute Gasteiger partial charge is 0.344 e. The van der Waals surface area contributed by atoms with Gasteiger partial charge in [0.1, 0.15) is 18.2 Å². The number of benzene rings is 2. The zero-order valence-electron chi connectivity index (χ0n) is 11.0. The Morgan fingerprint density at radius 2 is 1.90 bits per heavy atom. The number of esters is 1. The first-order valence-electron chi connectivity index (χ1n) is 6.12. The monoisotopic (exact) mass is 353 g/mol. The summed E-state index contributed by atoms with van der Waals surface area (Å²) < 4.78 is 23.7. The Bertz CT molecular complexity index is 631. The van der Waals surface area contributed by atoms with Crippen LogP contribution in [-0.2, 0) is 16.1 Å². The average molecular weight is 354 g/mol. The molecule has 0 saturated heterocycles. The summed E-state index contributed by atoms with van der Waals surface area (Å²) in [6, 6.07) is 11.1. The Kier molecular flexibility index (Phi) is 5.16. The quantitative estimate of drug-likeness (QED) is 0.661. The van der Waals surface area contributed by atoms with Crippen molar-refractivity contribution in [3.8, 4) is 5.75 Å². The van der Waals surface area contributed by atoms with Crippen LogP contribution in [0.1, 0.15) is 5.56 Å². The van der Waals surface area contributed by atoms with E-state index in [1.54, 1.807) is 36.4 Å². The molecule has 110 valence electrons. The molecule has 0 unspecified atom stereocenters. The molecule has 0 fully saturated rings. The summed E-state index contributed by atoms with van der Waals surface area (Å²) in [5.41, 5.74) is 6.84. The Morgan fingerprint density at radius 1 is 1.19 bits per heavy atom. The first-order valence-corrected chi connectivity index (χ1v) is 6.92. The molecule has 2 aromatic carbocycles. The van der Waals surface area contributed by atoms with E-state index in [0.717, 1.165) is 0 Å². The lowest BCUT2D eigenvalue weighted by atomic mass is 10.2. The number of hydrogen-bond acceptors (Lipinski definition) is 4. The zero-order chi connectivity index (χ0) is 15.2. The van der Waals surface area contributed by atoms with Crippen LogP contribution < -0.4 is 10.5 Å². The Hall–Kier alpha value is -2.08. The van der Waals surface area contributed by atoms with Crippen LogP contribution >= 0.6 is 15.9 Å². The number of anilines is 1. The van der Waals surface area contributed by atoms with Gasteiger partial charge in [-0.25, -0.2) is 9.18 Å². The van der Waals surface area contributed by atoms with Gasteiger partial charge in [0.2, 0.25) is 0 Å². The normalized spacial score (nSPS) is 10.2. The molecule has 0 aromatic heterocycles. The lowest BCUT2D eigenvalue weighted by Gasteiger charge is -2.08.